The van der Waals surface area contributed by atoms with Crippen molar-refractivity contribution in [2.45, 2.75) is 0 Å². The van der Waals surface area contributed by atoms with Crippen molar-refractivity contribution in [1.82, 2.24) is 4.57 Å². The molecule has 11 aromatic rings. The molecule has 0 aliphatic carbocycles. The highest BCUT2D eigenvalue weighted by Crippen LogP contribution is 2.40. The molecule has 0 spiro atoms. The molecule has 58 heavy (non-hydrogen) atoms. The topological polar surface area (TPSA) is 8.17 Å². The largest absolute Gasteiger partial charge is 0.311 e. The third kappa shape index (κ3) is 5.82. The normalized spacial score (nSPS) is 11.4. The zero-order chi connectivity index (χ0) is 38.4. The standard InChI is InChI=1S/C56H38N2/c1-3-18-49-40(12-1)14-10-22-51(49)42-28-34-46(35-29-42)57(47-36-30-43(31-37-47)52-23-11-15-41-13-2-4-19-50(41)52)45-32-26-39(27-33-45)44-16-9-17-48(38-44)58-55-24-7-5-20-53(55)54-21-6-8-25-56(54)58/h1-38H. The summed E-state index contributed by atoms with van der Waals surface area (Å²) in [6.45, 7) is 0. The average Bonchev–Trinajstić information content (AvgIpc) is 3.64. The van der Waals surface area contributed by atoms with E-state index in [-0.39, 0.29) is 0 Å². The van der Waals surface area contributed by atoms with Crippen molar-refractivity contribution in [2.24, 2.45) is 0 Å². The lowest BCUT2D eigenvalue weighted by Gasteiger charge is -2.26. The van der Waals surface area contributed by atoms with E-state index in [2.05, 4.69) is 240 Å². The smallest absolute Gasteiger partial charge is 0.0541 e. The van der Waals surface area contributed by atoms with E-state index in [0.29, 0.717) is 0 Å². The number of hydrogen-bond donors (Lipinski definition) is 0. The zero-order valence-electron chi connectivity index (χ0n) is 31.8. The fraction of sp³-hybridized carbons (Fsp3) is 0. The number of nitrogens with zero attached hydrogens (tertiary/aromatic N) is 2. The summed E-state index contributed by atoms with van der Waals surface area (Å²) in [7, 11) is 0. The molecular formula is C56H38N2. The second-order valence-electron chi connectivity index (χ2n) is 14.9. The molecule has 0 bridgehead atoms. The molecule has 2 nitrogen and oxygen atoms in total. The molecule has 0 aliphatic rings. The Hall–Kier alpha value is -7.68. The van der Waals surface area contributed by atoms with Gasteiger partial charge in [-0.3, -0.25) is 0 Å². The number of aromatic nitrogens is 1. The molecule has 1 aromatic heterocycles. The quantitative estimate of drug-likeness (QED) is 0.158. The molecule has 0 saturated heterocycles. The summed E-state index contributed by atoms with van der Waals surface area (Å²) in [5, 5.41) is 7.55. The van der Waals surface area contributed by atoms with Gasteiger partial charge in [-0.25, -0.2) is 0 Å². The molecule has 0 aliphatic heterocycles. The van der Waals surface area contributed by atoms with Gasteiger partial charge < -0.3 is 9.47 Å². The Labute approximate surface area is 338 Å². The van der Waals surface area contributed by atoms with Gasteiger partial charge in [0.2, 0.25) is 0 Å². The molecule has 0 amide bonds. The maximum atomic E-state index is 2.38. The van der Waals surface area contributed by atoms with Crippen LogP contribution in [0.15, 0.2) is 231 Å². The second kappa shape index (κ2) is 14.1. The van der Waals surface area contributed by atoms with Crippen LogP contribution < -0.4 is 4.90 Å². The Morgan fingerprint density at radius 1 is 0.276 bits per heavy atom. The van der Waals surface area contributed by atoms with Crippen LogP contribution in [0, 0.1) is 0 Å². The minimum Gasteiger partial charge on any atom is -0.311 e. The summed E-state index contributed by atoms with van der Waals surface area (Å²) in [5.41, 5.74) is 14.1. The second-order valence-corrected chi connectivity index (χ2v) is 14.9. The Kier molecular flexibility index (Phi) is 8.19. The lowest BCUT2D eigenvalue weighted by atomic mass is 9.97. The fourth-order valence-electron chi connectivity index (χ4n) is 8.81. The van der Waals surface area contributed by atoms with Crippen LogP contribution in [0.2, 0.25) is 0 Å². The van der Waals surface area contributed by atoms with E-state index in [9.17, 15) is 0 Å². The summed E-state index contributed by atoms with van der Waals surface area (Å²) in [6.07, 6.45) is 0. The number of rotatable bonds is 7. The van der Waals surface area contributed by atoms with E-state index in [4.69, 9.17) is 0 Å². The van der Waals surface area contributed by atoms with Crippen molar-refractivity contribution in [3.8, 4) is 39.1 Å². The highest BCUT2D eigenvalue weighted by atomic mass is 15.1. The molecule has 0 fully saturated rings. The molecule has 0 N–H and O–H groups in total. The molecule has 0 radical (unpaired) electrons. The van der Waals surface area contributed by atoms with E-state index in [1.807, 2.05) is 0 Å². The van der Waals surface area contributed by atoms with Gasteiger partial charge in [-0.1, -0.05) is 170 Å². The van der Waals surface area contributed by atoms with Crippen LogP contribution in [-0.2, 0) is 0 Å². The lowest BCUT2D eigenvalue weighted by molar-refractivity contribution is 1.18. The third-order valence-electron chi connectivity index (χ3n) is 11.6. The van der Waals surface area contributed by atoms with Crippen LogP contribution in [0.5, 0.6) is 0 Å². The van der Waals surface area contributed by atoms with Crippen LogP contribution in [0.4, 0.5) is 17.1 Å². The molecule has 272 valence electrons. The van der Waals surface area contributed by atoms with Gasteiger partial charge >= 0.3 is 0 Å². The van der Waals surface area contributed by atoms with E-state index >= 15 is 0 Å². The number of benzene rings is 10. The van der Waals surface area contributed by atoms with E-state index < -0.39 is 0 Å². The minimum atomic E-state index is 1.10. The van der Waals surface area contributed by atoms with Gasteiger partial charge in [0.25, 0.3) is 0 Å². The number of para-hydroxylation sites is 2. The first kappa shape index (κ1) is 33.6. The van der Waals surface area contributed by atoms with E-state index in [1.54, 1.807) is 0 Å². The van der Waals surface area contributed by atoms with Crippen LogP contribution >= 0.6 is 0 Å². The molecular weight excluding hydrogens is 701 g/mol. The lowest BCUT2D eigenvalue weighted by Crippen LogP contribution is -2.09. The van der Waals surface area contributed by atoms with Crippen molar-refractivity contribution in [2.75, 3.05) is 4.90 Å². The van der Waals surface area contributed by atoms with Gasteiger partial charge in [0, 0.05) is 33.5 Å². The molecule has 0 unspecified atom stereocenters. The molecule has 10 aromatic carbocycles. The van der Waals surface area contributed by atoms with Gasteiger partial charge in [-0.2, -0.15) is 0 Å². The molecule has 2 heteroatoms. The summed E-state index contributed by atoms with van der Waals surface area (Å²) >= 11 is 0. The molecule has 11 rings (SSSR count). The maximum absolute atomic E-state index is 2.38. The third-order valence-corrected chi connectivity index (χ3v) is 11.6. The summed E-state index contributed by atoms with van der Waals surface area (Å²) in [4.78, 5) is 2.36. The van der Waals surface area contributed by atoms with Crippen molar-refractivity contribution in [3.05, 3.63) is 231 Å². The SMILES string of the molecule is c1cc(-c2ccc(N(c3ccc(-c4cccc5ccccc45)cc3)c3ccc(-c4cccc5ccccc45)cc3)cc2)cc(-n2c3ccccc3c3ccccc32)c1. The fourth-order valence-corrected chi connectivity index (χ4v) is 8.81. The molecule has 0 saturated carbocycles. The molecule has 1 heterocycles. The summed E-state index contributed by atoms with van der Waals surface area (Å²) in [5.74, 6) is 0. The Morgan fingerprint density at radius 3 is 1.17 bits per heavy atom. The number of hydrogen-bond acceptors (Lipinski definition) is 1. The zero-order valence-corrected chi connectivity index (χ0v) is 31.8. The van der Waals surface area contributed by atoms with Crippen LogP contribution in [0.25, 0.3) is 82.4 Å². The first-order valence-electron chi connectivity index (χ1n) is 19.9. The summed E-state index contributed by atoms with van der Waals surface area (Å²) in [6, 6.07) is 83.6. The van der Waals surface area contributed by atoms with Crippen molar-refractivity contribution < 1.29 is 0 Å². The van der Waals surface area contributed by atoms with Gasteiger partial charge in [0.1, 0.15) is 0 Å². The van der Waals surface area contributed by atoms with E-state index in [0.717, 1.165) is 22.7 Å². The summed E-state index contributed by atoms with van der Waals surface area (Å²) < 4.78 is 2.38. The first-order chi connectivity index (χ1) is 28.8. The van der Waals surface area contributed by atoms with E-state index in [1.165, 1.54) is 76.7 Å². The van der Waals surface area contributed by atoms with Crippen molar-refractivity contribution in [3.63, 3.8) is 0 Å². The number of fused-ring (bicyclic) bond motifs is 5. The molecule has 0 atom stereocenters. The average molecular weight is 739 g/mol. The van der Waals surface area contributed by atoms with Gasteiger partial charge in [-0.15, -0.1) is 0 Å². The highest BCUT2D eigenvalue weighted by molar-refractivity contribution is 6.09. The van der Waals surface area contributed by atoms with Crippen molar-refractivity contribution in [1.29, 1.82) is 0 Å². The maximum Gasteiger partial charge on any atom is 0.0541 e. The Balaban J connectivity index is 0.982. The predicted molar refractivity (Wildman–Crippen MR) is 247 cm³/mol. The van der Waals surface area contributed by atoms with Crippen LogP contribution in [0.3, 0.4) is 0 Å². The van der Waals surface area contributed by atoms with Crippen LogP contribution in [0.1, 0.15) is 0 Å². The number of anilines is 3. The Morgan fingerprint density at radius 2 is 0.672 bits per heavy atom. The highest BCUT2D eigenvalue weighted by Gasteiger charge is 2.16. The minimum absolute atomic E-state index is 1.10. The predicted octanol–water partition coefficient (Wildman–Crippen LogP) is 15.6. The van der Waals surface area contributed by atoms with Gasteiger partial charge in [0.15, 0.2) is 0 Å². The van der Waals surface area contributed by atoms with Gasteiger partial charge in [0.05, 0.1) is 11.0 Å². The van der Waals surface area contributed by atoms with Crippen LogP contribution in [-0.4, -0.2) is 4.57 Å². The van der Waals surface area contributed by atoms with Crippen molar-refractivity contribution >= 4 is 60.4 Å². The Bertz CT molecular complexity index is 3080. The monoisotopic (exact) mass is 738 g/mol. The van der Waals surface area contributed by atoms with Gasteiger partial charge in [-0.05, 0) is 116 Å². The first-order valence-corrected chi connectivity index (χ1v) is 19.9.